The zero-order valence-corrected chi connectivity index (χ0v) is 12.9. The van der Waals surface area contributed by atoms with Crippen LogP contribution in [0.15, 0.2) is 47.5 Å². The van der Waals surface area contributed by atoms with Crippen LogP contribution in [0.5, 0.6) is 0 Å². The fourth-order valence-corrected chi connectivity index (χ4v) is 2.89. The van der Waals surface area contributed by atoms with E-state index in [0.717, 1.165) is 16.3 Å². The van der Waals surface area contributed by atoms with Crippen molar-refractivity contribution < 1.29 is 14.3 Å². The molecule has 1 aliphatic heterocycles. The Labute approximate surface area is 134 Å². The quantitative estimate of drug-likeness (QED) is 0.817. The molecule has 0 fully saturated rings. The first-order chi connectivity index (χ1) is 11.1. The van der Waals surface area contributed by atoms with Crippen LogP contribution in [0.4, 0.5) is 0 Å². The van der Waals surface area contributed by atoms with Gasteiger partial charge in [0.2, 0.25) is 0 Å². The fourth-order valence-electron chi connectivity index (χ4n) is 2.89. The van der Waals surface area contributed by atoms with E-state index >= 15 is 0 Å². The van der Waals surface area contributed by atoms with Gasteiger partial charge >= 0.3 is 11.6 Å². The van der Waals surface area contributed by atoms with Crippen LogP contribution in [0.2, 0.25) is 0 Å². The highest BCUT2D eigenvalue weighted by atomic mass is 16.6. The molecule has 2 aromatic rings. The fraction of sp³-hybridized carbons (Fsp3) is 0.278. The SMILES string of the molecule is CCOC(=O)C1(C#N)OC(C)=NC1c1cccc2ccccc12. The van der Waals surface area contributed by atoms with Crippen LogP contribution in [-0.4, -0.2) is 24.1 Å². The van der Waals surface area contributed by atoms with Crippen LogP contribution in [0.3, 0.4) is 0 Å². The van der Waals surface area contributed by atoms with Gasteiger partial charge in [-0.2, -0.15) is 5.26 Å². The molecule has 116 valence electrons. The lowest BCUT2D eigenvalue weighted by molar-refractivity contribution is -0.158. The van der Waals surface area contributed by atoms with Crippen LogP contribution < -0.4 is 0 Å². The molecule has 23 heavy (non-hydrogen) atoms. The maximum Gasteiger partial charge on any atom is 0.368 e. The van der Waals surface area contributed by atoms with Crippen LogP contribution >= 0.6 is 0 Å². The van der Waals surface area contributed by atoms with Gasteiger partial charge in [-0.25, -0.2) is 9.79 Å². The Morgan fingerprint density at radius 3 is 2.83 bits per heavy atom. The molecule has 2 unspecified atom stereocenters. The van der Waals surface area contributed by atoms with Crippen molar-refractivity contribution in [2.24, 2.45) is 4.99 Å². The van der Waals surface area contributed by atoms with E-state index in [1.165, 1.54) is 0 Å². The van der Waals surface area contributed by atoms with Crippen molar-refractivity contribution in [2.75, 3.05) is 6.61 Å². The van der Waals surface area contributed by atoms with E-state index in [1.54, 1.807) is 13.8 Å². The molecule has 0 N–H and O–H groups in total. The smallest absolute Gasteiger partial charge is 0.368 e. The van der Waals surface area contributed by atoms with Crippen LogP contribution in [0, 0.1) is 11.3 Å². The van der Waals surface area contributed by atoms with Crippen molar-refractivity contribution in [2.45, 2.75) is 25.5 Å². The molecule has 1 aliphatic rings. The average molecular weight is 308 g/mol. The summed E-state index contributed by atoms with van der Waals surface area (Å²) in [6, 6.07) is 14.7. The number of aliphatic imine (C=N–C) groups is 1. The normalized spacial score (nSPS) is 23.0. The third kappa shape index (κ3) is 2.33. The predicted molar refractivity (Wildman–Crippen MR) is 85.9 cm³/mol. The number of nitriles is 1. The lowest BCUT2D eigenvalue weighted by Gasteiger charge is -2.25. The van der Waals surface area contributed by atoms with E-state index in [9.17, 15) is 10.1 Å². The van der Waals surface area contributed by atoms with Crippen molar-refractivity contribution in [1.29, 1.82) is 5.26 Å². The number of fused-ring (bicyclic) bond motifs is 1. The lowest BCUT2D eigenvalue weighted by atomic mass is 9.87. The Morgan fingerprint density at radius 2 is 2.09 bits per heavy atom. The van der Waals surface area contributed by atoms with Crippen molar-refractivity contribution in [1.82, 2.24) is 0 Å². The van der Waals surface area contributed by atoms with Crippen LogP contribution in [-0.2, 0) is 14.3 Å². The number of nitrogens with zero attached hydrogens (tertiary/aromatic N) is 2. The lowest BCUT2D eigenvalue weighted by Crippen LogP contribution is -2.44. The van der Waals surface area contributed by atoms with Gasteiger partial charge in [-0.05, 0) is 23.3 Å². The number of rotatable bonds is 3. The largest absolute Gasteiger partial charge is 0.462 e. The minimum Gasteiger partial charge on any atom is -0.462 e. The van der Waals surface area contributed by atoms with Gasteiger partial charge in [0.05, 0.1) is 6.61 Å². The molecular weight excluding hydrogens is 292 g/mol. The number of carbonyl (C=O) groups is 1. The summed E-state index contributed by atoms with van der Waals surface area (Å²) in [5.74, 6) is -0.404. The van der Waals surface area contributed by atoms with Gasteiger partial charge in [0.1, 0.15) is 12.1 Å². The van der Waals surface area contributed by atoms with Gasteiger partial charge in [-0.1, -0.05) is 42.5 Å². The molecule has 2 atom stereocenters. The van der Waals surface area contributed by atoms with Crippen LogP contribution in [0.25, 0.3) is 10.8 Å². The summed E-state index contributed by atoms with van der Waals surface area (Å²) >= 11 is 0. The van der Waals surface area contributed by atoms with Gasteiger partial charge < -0.3 is 9.47 Å². The topological polar surface area (TPSA) is 71.7 Å². The average Bonchev–Trinajstić information content (AvgIpc) is 2.92. The summed E-state index contributed by atoms with van der Waals surface area (Å²) in [6.45, 7) is 3.50. The molecule has 3 rings (SSSR count). The monoisotopic (exact) mass is 308 g/mol. The number of hydrogen-bond donors (Lipinski definition) is 0. The maximum atomic E-state index is 12.4. The zero-order chi connectivity index (χ0) is 16.4. The summed E-state index contributed by atoms with van der Waals surface area (Å²) < 4.78 is 10.6. The third-order valence-electron chi connectivity index (χ3n) is 3.87. The van der Waals surface area contributed by atoms with Crippen molar-refractivity contribution >= 4 is 22.6 Å². The molecule has 5 heteroatoms. The third-order valence-corrected chi connectivity index (χ3v) is 3.87. The van der Waals surface area contributed by atoms with E-state index in [4.69, 9.17) is 9.47 Å². The Bertz CT molecular complexity index is 832. The highest BCUT2D eigenvalue weighted by Crippen LogP contribution is 2.41. The molecule has 0 aliphatic carbocycles. The van der Waals surface area contributed by atoms with E-state index < -0.39 is 17.6 Å². The number of carbonyl (C=O) groups excluding carboxylic acids is 1. The van der Waals surface area contributed by atoms with E-state index in [0.29, 0.717) is 5.90 Å². The second-order valence-electron chi connectivity index (χ2n) is 5.29. The molecule has 1 heterocycles. The summed E-state index contributed by atoms with van der Waals surface area (Å²) in [6.07, 6.45) is 0. The molecule has 5 nitrogen and oxygen atoms in total. The van der Waals surface area contributed by atoms with Crippen LogP contribution in [0.1, 0.15) is 25.5 Å². The van der Waals surface area contributed by atoms with Crippen molar-refractivity contribution in [3.63, 3.8) is 0 Å². The molecule has 0 radical (unpaired) electrons. The standard InChI is InChI=1S/C18H16N2O3/c1-3-22-17(21)18(11-19)16(20-12(2)23-18)15-10-6-8-13-7-4-5-9-14(13)15/h4-10,16H,3H2,1-2H3. The van der Waals surface area contributed by atoms with Crippen molar-refractivity contribution in [3.05, 3.63) is 48.0 Å². The summed E-state index contributed by atoms with van der Waals surface area (Å²) in [5.41, 5.74) is -1.00. The number of hydrogen-bond acceptors (Lipinski definition) is 5. The van der Waals surface area contributed by atoms with E-state index in [2.05, 4.69) is 4.99 Å². The molecule has 0 saturated carbocycles. The van der Waals surface area contributed by atoms with E-state index in [-0.39, 0.29) is 6.61 Å². The number of benzene rings is 2. The minimum atomic E-state index is -1.77. The first kappa shape index (κ1) is 15.0. The minimum absolute atomic E-state index is 0.174. The predicted octanol–water partition coefficient (Wildman–Crippen LogP) is 3.15. The maximum absolute atomic E-state index is 12.4. The number of ether oxygens (including phenoxy) is 2. The molecule has 0 bridgehead atoms. The summed E-state index contributed by atoms with van der Waals surface area (Å²) in [5, 5.41) is 11.6. The second kappa shape index (κ2) is 5.73. The van der Waals surface area contributed by atoms with Gasteiger partial charge in [-0.3, -0.25) is 0 Å². The summed E-state index contributed by atoms with van der Waals surface area (Å²) in [4.78, 5) is 16.8. The van der Waals surface area contributed by atoms with Gasteiger partial charge in [0, 0.05) is 6.92 Å². The second-order valence-corrected chi connectivity index (χ2v) is 5.29. The highest BCUT2D eigenvalue weighted by Gasteiger charge is 2.55. The molecular formula is C18H16N2O3. The van der Waals surface area contributed by atoms with Gasteiger partial charge in [-0.15, -0.1) is 0 Å². The molecule has 2 aromatic carbocycles. The highest BCUT2D eigenvalue weighted by molar-refractivity contribution is 5.94. The van der Waals surface area contributed by atoms with Gasteiger partial charge in [0.25, 0.3) is 0 Å². The Morgan fingerprint density at radius 1 is 1.35 bits per heavy atom. The Hall–Kier alpha value is -2.87. The molecule has 0 aromatic heterocycles. The first-order valence-electron chi connectivity index (χ1n) is 7.42. The summed E-state index contributed by atoms with van der Waals surface area (Å²) in [7, 11) is 0. The first-order valence-corrected chi connectivity index (χ1v) is 7.42. The zero-order valence-electron chi connectivity index (χ0n) is 12.9. The molecule has 0 spiro atoms. The molecule has 0 amide bonds. The Balaban J connectivity index is 2.19. The van der Waals surface area contributed by atoms with Gasteiger partial charge in [0.15, 0.2) is 5.90 Å². The van der Waals surface area contributed by atoms with Crippen molar-refractivity contribution in [3.8, 4) is 6.07 Å². The number of esters is 1. The van der Waals surface area contributed by atoms with E-state index in [1.807, 2.05) is 48.5 Å². The Kier molecular flexibility index (Phi) is 3.75. The molecule has 0 saturated heterocycles.